The normalized spacial score (nSPS) is 13.0. The van der Waals surface area contributed by atoms with Crippen molar-refractivity contribution >= 4 is 32.0 Å². The maximum atomic E-state index is 12.4. The first-order chi connectivity index (χ1) is 14.0. The third kappa shape index (κ3) is 3.24. The van der Waals surface area contributed by atoms with E-state index in [1.54, 1.807) is 4.68 Å². The van der Waals surface area contributed by atoms with Gasteiger partial charge in [0, 0.05) is 17.5 Å². The van der Waals surface area contributed by atoms with Crippen molar-refractivity contribution in [3.8, 4) is 16.3 Å². The maximum absolute atomic E-state index is 12.4. The quantitative estimate of drug-likeness (QED) is 0.532. The van der Waals surface area contributed by atoms with Gasteiger partial charge in [-0.1, -0.05) is 47.7 Å². The van der Waals surface area contributed by atoms with E-state index in [9.17, 15) is 8.42 Å². The smallest absolute Gasteiger partial charge is 0.194 e. The molecule has 8 heteroatoms. The Hall–Kier alpha value is -2.97. The van der Waals surface area contributed by atoms with Crippen LogP contribution >= 0.6 is 11.3 Å². The zero-order valence-corrected chi connectivity index (χ0v) is 17.3. The number of anilines is 2. The number of rotatable bonds is 4. The van der Waals surface area contributed by atoms with Crippen LogP contribution in [0.2, 0.25) is 0 Å². The van der Waals surface area contributed by atoms with E-state index in [0.29, 0.717) is 12.8 Å². The SMILES string of the molecule is CS(=O)(=O)c1nn(-c2ccccc2)c2c1CCc1nc(Nc3ccccc3)sc1-2. The third-order valence-corrected chi connectivity index (χ3v) is 6.90. The molecule has 5 rings (SSSR count). The monoisotopic (exact) mass is 422 g/mol. The van der Waals surface area contributed by atoms with Crippen molar-refractivity contribution in [3.63, 3.8) is 0 Å². The second-order valence-corrected chi connectivity index (χ2v) is 9.87. The molecule has 2 aromatic heterocycles. The molecular formula is C21H18N4O2S2. The van der Waals surface area contributed by atoms with Crippen LogP contribution in [0.3, 0.4) is 0 Å². The van der Waals surface area contributed by atoms with Crippen LogP contribution in [0.25, 0.3) is 16.3 Å². The van der Waals surface area contributed by atoms with Crippen molar-refractivity contribution in [2.75, 3.05) is 11.6 Å². The highest BCUT2D eigenvalue weighted by molar-refractivity contribution is 7.90. The van der Waals surface area contributed by atoms with Crippen LogP contribution in [0, 0.1) is 0 Å². The molecule has 1 aliphatic rings. The second kappa shape index (κ2) is 6.82. The van der Waals surface area contributed by atoms with Crippen LogP contribution in [0.4, 0.5) is 10.8 Å². The van der Waals surface area contributed by atoms with E-state index in [2.05, 4.69) is 10.4 Å². The Morgan fingerprint density at radius 2 is 1.69 bits per heavy atom. The lowest BCUT2D eigenvalue weighted by molar-refractivity contribution is 0.595. The van der Waals surface area contributed by atoms with Gasteiger partial charge in [-0.3, -0.25) is 0 Å². The van der Waals surface area contributed by atoms with Gasteiger partial charge in [0.05, 0.1) is 22.0 Å². The van der Waals surface area contributed by atoms with Crippen molar-refractivity contribution < 1.29 is 8.42 Å². The molecule has 2 aromatic carbocycles. The minimum atomic E-state index is -3.44. The molecule has 4 aromatic rings. The summed E-state index contributed by atoms with van der Waals surface area (Å²) in [5.41, 5.74) is 4.37. The molecule has 0 atom stereocenters. The van der Waals surface area contributed by atoms with Gasteiger partial charge < -0.3 is 5.32 Å². The van der Waals surface area contributed by atoms with Crippen LogP contribution in [0.5, 0.6) is 0 Å². The van der Waals surface area contributed by atoms with Gasteiger partial charge in [0.25, 0.3) is 0 Å². The number of benzene rings is 2. The summed E-state index contributed by atoms with van der Waals surface area (Å²) in [4.78, 5) is 5.74. The molecule has 2 heterocycles. The molecule has 0 saturated heterocycles. The number of nitrogens with one attached hydrogen (secondary N) is 1. The van der Waals surface area contributed by atoms with Crippen LogP contribution in [0.15, 0.2) is 65.7 Å². The summed E-state index contributed by atoms with van der Waals surface area (Å²) < 4.78 is 26.6. The summed E-state index contributed by atoms with van der Waals surface area (Å²) in [6.45, 7) is 0. The fourth-order valence-electron chi connectivity index (χ4n) is 3.59. The van der Waals surface area contributed by atoms with E-state index in [-0.39, 0.29) is 5.03 Å². The Kier molecular flexibility index (Phi) is 4.25. The predicted molar refractivity (Wildman–Crippen MR) is 115 cm³/mol. The summed E-state index contributed by atoms with van der Waals surface area (Å²) in [5, 5.41) is 8.81. The lowest BCUT2D eigenvalue weighted by Crippen LogP contribution is -2.07. The Balaban J connectivity index is 1.68. The van der Waals surface area contributed by atoms with Crippen molar-refractivity contribution in [1.82, 2.24) is 14.8 Å². The van der Waals surface area contributed by atoms with Crippen LogP contribution in [-0.4, -0.2) is 29.4 Å². The predicted octanol–water partition coefficient (Wildman–Crippen LogP) is 4.24. The zero-order chi connectivity index (χ0) is 20.0. The molecule has 146 valence electrons. The minimum Gasteiger partial charge on any atom is -0.332 e. The van der Waals surface area contributed by atoms with Gasteiger partial charge in [-0.2, -0.15) is 5.10 Å². The molecule has 0 radical (unpaired) electrons. The van der Waals surface area contributed by atoms with E-state index in [1.165, 1.54) is 17.6 Å². The molecule has 1 N–H and O–H groups in total. The number of nitrogens with zero attached hydrogens (tertiary/aromatic N) is 3. The molecule has 1 aliphatic carbocycles. The molecule has 0 saturated carbocycles. The van der Waals surface area contributed by atoms with Gasteiger partial charge >= 0.3 is 0 Å². The number of fused-ring (bicyclic) bond motifs is 3. The fourth-order valence-corrected chi connectivity index (χ4v) is 5.56. The standard InChI is InChI=1S/C21H18N4O2S2/c1-29(26,27)20-16-12-13-17-19(18(16)25(24-20)15-10-6-3-7-11-15)28-21(23-17)22-14-8-4-2-5-9-14/h2-11H,12-13H2,1H3,(H,22,23). The Labute approximate surface area is 172 Å². The average Bonchev–Trinajstić information content (AvgIpc) is 3.30. The Morgan fingerprint density at radius 3 is 2.38 bits per heavy atom. The van der Waals surface area contributed by atoms with Crippen molar-refractivity contribution in [3.05, 3.63) is 71.9 Å². The molecule has 0 fully saturated rings. The number of sulfone groups is 1. The summed E-state index contributed by atoms with van der Waals surface area (Å²) >= 11 is 1.53. The van der Waals surface area contributed by atoms with E-state index < -0.39 is 9.84 Å². The van der Waals surface area contributed by atoms with Gasteiger partial charge in [0.15, 0.2) is 20.0 Å². The zero-order valence-electron chi connectivity index (χ0n) is 15.7. The summed E-state index contributed by atoms with van der Waals surface area (Å²) in [6, 6.07) is 19.5. The molecule has 29 heavy (non-hydrogen) atoms. The number of hydrogen-bond acceptors (Lipinski definition) is 6. The molecule has 6 nitrogen and oxygen atoms in total. The first-order valence-electron chi connectivity index (χ1n) is 9.20. The summed E-state index contributed by atoms with van der Waals surface area (Å²) in [7, 11) is -3.44. The van der Waals surface area contributed by atoms with Crippen molar-refractivity contribution in [2.45, 2.75) is 17.9 Å². The van der Waals surface area contributed by atoms with E-state index in [1.807, 2.05) is 60.7 Å². The topological polar surface area (TPSA) is 76.9 Å². The molecule has 0 bridgehead atoms. The molecule has 0 spiro atoms. The number of para-hydroxylation sites is 2. The van der Waals surface area contributed by atoms with Gasteiger partial charge in [0.2, 0.25) is 0 Å². The van der Waals surface area contributed by atoms with Crippen LogP contribution < -0.4 is 5.32 Å². The Bertz CT molecular complexity index is 1290. The molecular weight excluding hydrogens is 404 g/mol. The maximum Gasteiger partial charge on any atom is 0.194 e. The number of thiazole rings is 1. The van der Waals surface area contributed by atoms with Gasteiger partial charge in [-0.25, -0.2) is 18.1 Å². The lowest BCUT2D eigenvalue weighted by atomic mass is 10.0. The number of hydrogen-bond donors (Lipinski definition) is 1. The highest BCUT2D eigenvalue weighted by Crippen LogP contribution is 2.43. The summed E-state index contributed by atoms with van der Waals surface area (Å²) in [6.07, 6.45) is 2.51. The molecule has 0 amide bonds. The fraction of sp³-hybridized carbons (Fsp3) is 0.143. The minimum absolute atomic E-state index is 0.160. The summed E-state index contributed by atoms with van der Waals surface area (Å²) in [5.74, 6) is 0. The number of aromatic nitrogens is 3. The van der Waals surface area contributed by atoms with Gasteiger partial charge in [-0.15, -0.1) is 0 Å². The first kappa shape index (κ1) is 18.1. The van der Waals surface area contributed by atoms with Crippen molar-refractivity contribution in [2.24, 2.45) is 0 Å². The van der Waals surface area contributed by atoms with E-state index >= 15 is 0 Å². The van der Waals surface area contributed by atoms with Crippen LogP contribution in [-0.2, 0) is 22.7 Å². The largest absolute Gasteiger partial charge is 0.332 e. The second-order valence-electron chi connectivity index (χ2n) is 6.94. The highest BCUT2D eigenvalue weighted by Gasteiger charge is 2.32. The van der Waals surface area contributed by atoms with E-state index in [4.69, 9.17) is 4.98 Å². The first-order valence-corrected chi connectivity index (χ1v) is 11.9. The number of aryl methyl sites for hydroxylation is 1. The molecule has 0 unspecified atom stereocenters. The van der Waals surface area contributed by atoms with Crippen molar-refractivity contribution in [1.29, 1.82) is 0 Å². The van der Waals surface area contributed by atoms with E-state index in [0.717, 1.165) is 38.3 Å². The van der Waals surface area contributed by atoms with Gasteiger partial charge in [0.1, 0.15) is 0 Å². The van der Waals surface area contributed by atoms with Crippen LogP contribution in [0.1, 0.15) is 11.3 Å². The lowest BCUT2D eigenvalue weighted by Gasteiger charge is -2.13. The Morgan fingerprint density at radius 1 is 1.00 bits per heavy atom. The third-order valence-electron chi connectivity index (χ3n) is 4.85. The van der Waals surface area contributed by atoms with Gasteiger partial charge in [-0.05, 0) is 37.1 Å². The highest BCUT2D eigenvalue weighted by atomic mass is 32.2. The average molecular weight is 423 g/mol. The molecule has 0 aliphatic heterocycles.